The van der Waals surface area contributed by atoms with Gasteiger partial charge in [-0.25, -0.2) is 0 Å². The van der Waals surface area contributed by atoms with Crippen molar-refractivity contribution in [1.29, 1.82) is 0 Å². The summed E-state index contributed by atoms with van der Waals surface area (Å²) in [5.74, 6) is 4.41. The summed E-state index contributed by atoms with van der Waals surface area (Å²) in [5.41, 5.74) is 11.6. The van der Waals surface area contributed by atoms with Crippen LogP contribution in [0.4, 0.5) is 0 Å². The first-order valence-electron chi connectivity index (χ1n) is 3.83. The maximum absolute atomic E-state index is 5.07. The lowest BCUT2D eigenvalue weighted by molar-refractivity contribution is 0.262. The van der Waals surface area contributed by atoms with Gasteiger partial charge in [-0.05, 0) is 13.0 Å². The van der Waals surface area contributed by atoms with Crippen LogP contribution in [0.2, 0.25) is 0 Å². The first kappa shape index (κ1) is 18.3. The van der Waals surface area contributed by atoms with Crippen molar-refractivity contribution in [3.05, 3.63) is 49.9 Å². The highest BCUT2D eigenvalue weighted by Crippen LogP contribution is 1.74. The Balaban J connectivity index is -0.000000131. The van der Waals surface area contributed by atoms with E-state index in [4.69, 9.17) is 11.5 Å². The zero-order chi connectivity index (χ0) is 12.0. The van der Waals surface area contributed by atoms with E-state index in [-0.39, 0.29) is 0 Å². The van der Waals surface area contributed by atoms with E-state index in [1.807, 2.05) is 6.92 Å². The monoisotopic (exact) mass is 199 g/mol. The third-order valence-corrected chi connectivity index (χ3v) is 0.707. The van der Waals surface area contributed by atoms with E-state index < -0.39 is 0 Å². The number of rotatable bonds is 3. The van der Waals surface area contributed by atoms with Gasteiger partial charge >= 0.3 is 0 Å². The normalized spacial score (nSPS) is 6.50. The van der Waals surface area contributed by atoms with Crippen LogP contribution < -0.4 is 17.4 Å². The molecule has 0 aliphatic rings. The minimum Gasteiger partial charge on any atom is -0.420 e. The second kappa shape index (κ2) is 17.5. The van der Waals surface area contributed by atoms with Crippen molar-refractivity contribution < 1.29 is 4.84 Å². The van der Waals surface area contributed by atoms with Crippen LogP contribution in [0.15, 0.2) is 49.9 Å². The van der Waals surface area contributed by atoms with Crippen LogP contribution in [0.1, 0.15) is 6.92 Å². The molecule has 0 unspecified atom stereocenters. The highest BCUT2D eigenvalue weighted by Gasteiger charge is 1.67. The minimum atomic E-state index is 0.519. The molecule has 0 rings (SSSR count). The highest BCUT2D eigenvalue weighted by molar-refractivity contribution is 5.04. The van der Waals surface area contributed by atoms with E-state index in [0.717, 1.165) is 11.8 Å². The molecule has 0 saturated heterocycles. The standard InChI is InChI=1S/C4H9N.C4H7N.C2H5NO/c1-4(2)3-5;1-3-4(2)5;1-2-4-3/h1,3,5H2,2H3;3H,1-2,5H2;2H,1,3H2. The van der Waals surface area contributed by atoms with Gasteiger partial charge in [0.25, 0.3) is 0 Å². The average molecular weight is 199 g/mol. The minimum absolute atomic E-state index is 0.519. The summed E-state index contributed by atoms with van der Waals surface area (Å²) in [6.07, 6.45) is 2.65. The van der Waals surface area contributed by atoms with Gasteiger partial charge in [0.1, 0.15) is 6.26 Å². The van der Waals surface area contributed by atoms with Crippen LogP contribution >= 0.6 is 0 Å². The molecule has 0 aromatic heterocycles. The summed E-state index contributed by atoms with van der Waals surface area (Å²) < 4.78 is 0. The van der Waals surface area contributed by atoms with E-state index in [1.54, 1.807) is 0 Å². The molecule has 0 aromatic rings. The van der Waals surface area contributed by atoms with Gasteiger partial charge in [-0.2, -0.15) is 5.90 Å². The van der Waals surface area contributed by atoms with Gasteiger partial charge < -0.3 is 16.3 Å². The fourth-order valence-electron chi connectivity index (χ4n) is 0. The quantitative estimate of drug-likeness (QED) is 0.276. The maximum atomic E-state index is 5.07. The lowest BCUT2D eigenvalue weighted by atomic mass is 10.4. The Bertz CT molecular complexity index is 176. The molecule has 0 fully saturated rings. The lowest BCUT2D eigenvalue weighted by Crippen LogP contribution is -1.97. The van der Waals surface area contributed by atoms with Crippen LogP contribution in [0, 0.1) is 0 Å². The van der Waals surface area contributed by atoms with E-state index in [2.05, 4.69) is 37.1 Å². The lowest BCUT2D eigenvalue weighted by Gasteiger charge is -1.80. The fourth-order valence-corrected chi connectivity index (χ4v) is 0. The number of nitrogens with two attached hydrogens (primary N) is 3. The Morgan fingerprint density at radius 2 is 1.57 bits per heavy atom. The van der Waals surface area contributed by atoms with Crippen molar-refractivity contribution in [3.8, 4) is 0 Å². The van der Waals surface area contributed by atoms with E-state index >= 15 is 0 Å². The van der Waals surface area contributed by atoms with Crippen LogP contribution in [0.25, 0.3) is 0 Å². The largest absolute Gasteiger partial charge is 0.420 e. The molecule has 4 nitrogen and oxygen atoms in total. The van der Waals surface area contributed by atoms with Crippen molar-refractivity contribution in [3.63, 3.8) is 0 Å². The molecule has 0 bridgehead atoms. The number of hydrogen-bond donors (Lipinski definition) is 3. The van der Waals surface area contributed by atoms with Gasteiger partial charge in [-0.1, -0.05) is 31.9 Å². The van der Waals surface area contributed by atoms with Gasteiger partial charge in [-0.15, -0.1) is 0 Å². The van der Waals surface area contributed by atoms with Crippen molar-refractivity contribution in [1.82, 2.24) is 0 Å². The van der Waals surface area contributed by atoms with Crippen molar-refractivity contribution in [2.45, 2.75) is 6.92 Å². The molecule has 0 aliphatic carbocycles. The molecule has 0 radical (unpaired) electrons. The summed E-state index contributed by atoms with van der Waals surface area (Å²) in [7, 11) is 0. The van der Waals surface area contributed by atoms with Crippen LogP contribution in [-0.2, 0) is 4.84 Å². The Kier molecular flexibility index (Phi) is 22.9. The van der Waals surface area contributed by atoms with Crippen molar-refractivity contribution in [2.75, 3.05) is 6.54 Å². The van der Waals surface area contributed by atoms with Gasteiger partial charge in [0.15, 0.2) is 0 Å². The molecule has 0 spiro atoms. The van der Waals surface area contributed by atoms with Crippen LogP contribution in [0.5, 0.6) is 0 Å². The van der Waals surface area contributed by atoms with Crippen LogP contribution in [-0.4, -0.2) is 6.54 Å². The number of hydrogen-bond acceptors (Lipinski definition) is 4. The summed E-state index contributed by atoms with van der Waals surface area (Å²) in [6, 6.07) is 0. The zero-order valence-electron chi connectivity index (χ0n) is 8.83. The molecule has 82 valence electrons. The molecular formula is C10H21N3O. The molecule has 6 N–H and O–H groups in total. The fraction of sp³-hybridized carbons (Fsp3) is 0.200. The molecule has 0 heterocycles. The van der Waals surface area contributed by atoms with Gasteiger partial charge in [0, 0.05) is 12.2 Å². The summed E-state index contributed by atoms with van der Waals surface area (Å²) in [4.78, 5) is 3.81. The SMILES string of the molecule is C=C(C)CN.C=CC(=C)N.C=CON. The van der Waals surface area contributed by atoms with E-state index in [0.29, 0.717) is 12.2 Å². The third-order valence-electron chi connectivity index (χ3n) is 0.707. The predicted molar refractivity (Wildman–Crippen MR) is 62.9 cm³/mol. The Morgan fingerprint density at radius 1 is 1.36 bits per heavy atom. The molecule has 14 heavy (non-hydrogen) atoms. The second-order valence-electron chi connectivity index (χ2n) is 2.24. The predicted octanol–water partition coefficient (Wildman–Crippen LogP) is 1.19. The Hall–Kier alpha value is -1.52. The van der Waals surface area contributed by atoms with Gasteiger partial charge in [-0.3, -0.25) is 0 Å². The second-order valence-corrected chi connectivity index (χ2v) is 2.24. The number of allylic oxidation sites excluding steroid dienone is 1. The third kappa shape index (κ3) is 77.8. The Labute approximate surface area is 86.4 Å². The first-order valence-corrected chi connectivity index (χ1v) is 3.83. The van der Waals surface area contributed by atoms with Crippen molar-refractivity contribution >= 4 is 0 Å². The molecule has 4 heteroatoms. The summed E-state index contributed by atoms with van der Waals surface area (Å²) in [5, 5.41) is 0. The molecule has 0 saturated carbocycles. The highest BCUT2D eigenvalue weighted by atomic mass is 16.6. The van der Waals surface area contributed by atoms with E-state index in [1.165, 1.54) is 6.08 Å². The molecule has 0 atom stereocenters. The molecule has 0 aliphatic heterocycles. The van der Waals surface area contributed by atoms with Crippen LogP contribution in [0.3, 0.4) is 0 Å². The maximum Gasteiger partial charge on any atom is 0.103 e. The Morgan fingerprint density at radius 3 is 1.57 bits per heavy atom. The molecule has 0 amide bonds. The molecular weight excluding hydrogens is 178 g/mol. The summed E-state index contributed by atoms with van der Waals surface area (Å²) in [6.45, 7) is 15.9. The summed E-state index contributed by atoms with van der Waals surface area (Å²) >= 11 is 0. The average Bonchev–Trinajstić information content (AvgIpc) is 2.19. The molecule has 0 aromatic carbocycles. The first-order chi connectivity index (χ1) is 6.45. The van der Waals surface area contributed by atoms with Gasteiger partial charge in [0.2, 0.25) is 0 Å². The smallest absolute Gasteiger partial charge is 0.103 e. The topological polar surface area (TPSA) is 87.3 Å². The van der Waals surface area contributed by atoms with Gasteiger partial charge in [0.05, 0.1) is 0 Å². The van der Waals surface area contributed by atoms with E-state index in [9.17, 15) is 0 Å². The zero-order valence-corrected chi connectivity index (χ0v) is 8.83. The van der Waals surface area contributed by atoms with Crippen molar-refractivity contribution in [2.24, 2.45) is 17.4 Å².